The summed E-state index contributed by atoms with van der Waals surface area (Å²) < 4.78 is 7.08. The average Bonchev–Trinajstić information content (AvgIpc) is 3.47. The highest BCUT2D eigenvalue weighted by molar-refractivity contribution is 8.00. The molecule has 5 aromatic rings. The summed E-state index contributed by atoms with van der Waals surface area (Å²) in [7, 11) is 1.54. The lowest BCUT2D eigenvalue weighted by Crippen LogP contribution is -2.33. The molecule has 0 radical (unpaired) electrons. The zero-order valence-corrected chi connectivity index (χ0v) is 25.6. The Labute approximate surface area is 265 Å². The molecule has 220 valence electrons. The van der Waals surface area contributed by atoms with Gasteiger partial charge in [-0.1, -0.05) is 83.2 Å². The molecule has 2 aliphatic rings. The van der Waals surface area contributed by atoms with E-state index in [1.54, 1.807) is 37.4 Å². The molecule has 0 bridgehead atoms. The number of rotatable bonds is 6. The summed E-state index contributed by atoms with van der Waals surface area (Å²) in [5.74, 6) is -2.01. The summed E-state index contributed by atoms with van der Waals surface area (Å²) in [6.45, 7) is -0.246. The number of methoxy groups -OCH3 is 1. The van der Waals surface area contributed by atoms with E-state index in [-0.39, 0.29) is 29.1 Å². The molecule has 3 amide bonds. The number of nitrogens with one attached hydrogen (secondary N) is 1. The van der Waals surface area contributed by atoms with Crippen molar-refractivity contribution in [2.45, 2.75) is 22.7 Å². The Bertz CT molecular complexity index is 2020. The highest BCUT2D eigenvalue weighted by atomic mass is 35.5. The molecule has 4 aromatic carbocycles. The number of benzene rings is 4. The Morgan fingerprint density at radius 3 is 2.41 bits per heavy atom. The fraction of sp³-hybridized carbons (Fsp3) is 0.152. The SMILES string of the molecule is COc1ccccc1[C@H]1c2sc(=O)n(CC(=O)Nc3ccc4ccccc4c3)c2SC2C(=O)N(c3ccc(Cl)cc3)C(=O)C21. The number of ether oxygens (including phenoxy) is 1. The second-order valence-electron chi connectivity index (χ2n) is 10.5. The third kappa shape index (κ3) is 4.79. The predicted octanol–water partition coefficient (Wildman–Crippen LogP) is 6.16. The maximum Gasteiger partial charge on any atom is 0.308 e. The third-order valence-electron chi connectivity index (χ3n) is 7.94. The minimum atomic E-state index is -0.815. The number of carbonyl (C=O) groups is 3. The lowest BCUT2D eigenvalue weighted by Gasteiger charge is -2.31. The van der Waals surface area contributed by atoms with E-state index in [4.69, 9.17) is 16.3 Å². The van der Waals surface area contributed by atoms with Crippen LogP contribution in [0.15, 0.2) is 101 Å². The summed E-state index contributed by atoms with van der Waals surface area (Å²) in [5, 5.41) is 5.10. The molecule has 0 saturated carbocycles. The van der Waals surface area contributed by atoms with E-state index in [2.05, 4.69) is 5.32 Å². The molecule has 11 heteroatoms. The second kappa shape index (κ2) is 11.3. The van der Waals surface area contributed by atoms with Crippen LogP contribution in [-0.4, -0.2) is 34.6 Å². The minimum Gasteiger partial charge on any atom is -0.496 e. The van der Waals surface area contributed by atoms with Gasteiger partial charge in [-0.15, -0.1) is 0 Å². The fourth-order valence-electron chi connectivity index (χ4n) is 5.97. The minimum absolute atomic E-state index is 0.246. The highest BCUT2D eigenvalue weighted by Crippen LogP contribution is 2.55. The van der Waals surface area contributed by atoms with Gasteiger partial charge in [-0.2, -0.15) is 0 Å². The van der Waals surface area contributed by atoms with Crippen LogP contribution in [0.1, 0.15) is 16.4 Å². The highest BCUT2D eigenvalue weighted by Gasteiger charge is 2.57. The molecule has 0 spiro atoms. The maximum atomic E-state index is 14.1. The van der Waals surface area contributed by atoms with Crippen molar-refractivity contribution < 1.29 is 19.1 Å². The molecule has 1 aromatic heterocycles. The fourth-order valence-corrected chi connectivity index (χ4v) is 8.86. The summed E-state index contributed by atoms with van der Waals surface area (Å²) in [6, 6.07) is 27.3. The topological polar surface area (TPSA) is 97.7 Å². The summed E-state index contributed by atoms with van der Waals surface area (Å²) in [4.78, 5) is 56.2. The molecular weight excluding hydrogens is 618 g/mol. The number of anilines is 2. The van der Waals surface area contributed by atoms with E-state index in [1.165, 1.54) is 9.47 Å². The monoisotopic (exact) mass is 641 g/mol. The number of hydrogen-bond donors (Lipinski definition) is 1. The van der Waals surface area contributed by atoms with Gasteiger partial charge in [0.25, 0.3) is 0 Å². The molecule has 3 heterocycles. The zero-order valence-electron chi connectivity index (χ0n) is 23.2. The number of carbonyl (C=O) groups excluding carboxylic acids is 3. The number of halogens is 1. The van der Waals surface area contributed by atoms with Crippen molar-refractivity contribution in [3.05, 3.63) is 116 Å². The van der Waals surface area contributed by atoms with Gasteiger partial charge in [0.05, 0.1) is 23.7 Å². The Morgan fingerprint density at radius 2 is 1.64 bits per heavy atom. The van der Waals surface area contributed by atoms with E-state index in [0.29, 0.717) is 37.6 Å². The van der Waals surface area contributed by atoms with Gasteiger partial charge in [0.2, 0.25) is 17.7 Å². The Hall–Kier alpha value is -4.38. The number of hydrogen-bond acceptors (Lipinski definition) is 7. The first-order valence-corrected chi connectivity index (χ1v) is 15.9. The van der Waals surface area contributed by atoms with Gasteiger partial charge < -0.3 is 10.1 Å². The molecule has 1 fully saturated rings. The predicted molar refractivity (Wildman–Crippen MR) is 173 cm³/mol. The summed E-state index contributed by atoms with van der Waals surface area (Å²) >= 11 is 8.23. The number of nitrogens with zero attached hydrogens (tertiary/aromatic N) is 2. The number of para-hydroxylation sites is 1. The Morgan fingerprint density at radius 1 is 0.909 bits per heavy atom. The normalized spacial score (nSPS) is 19.1. The average molecular weight is 642 g/mol. The van der Waals surface area contributed by atoms with Crippen LogP contribution in [0.25, 0.3) is 10.8 Å². The Kier molecular flexibility index (Phi) is 7.28. The molecule has 2 unspecified atom stereocenters. The standard InChI is InChI=1S/C33H24ClN3O5S2/c1-42-24-9-5-4-8-23(24)26-27-28(31(40)37(30(27)39)22-14-11-20(34)12-15-22)43-32-29(26)44-33(41)36(32)17-25(38)35-21-13-10-18-6-2-3-7-19(18)16-21/h2-16,26-28H,17H2,1H3,(H,35,38)/t26-,27?,28?/m1/s1. The number of aromatic nitrogens is 1. The van der Waals surface area contributed by atoms with E-state index < -0.39 is 17.1 Å². The van der Waals surface area contributed by atoms with Crippen LogP contribution in [0.5, 0.6) is 5.75 Å². The summed E-state index contributed by atoms with van der Waals surface area (Å²) in [6.07, 6.45) is 0. The largest absolute Gasteiger partial charge is 0.496 e. The first kappa shape index (κ1) is 28.4. The van der Waals surface area contributed by atoms with Crippen molar-refractivity contribution in [3.8, 4) is 5.75 Å². The molecule has 2 aliphatic heterocycles. The third-order valence-corrected chi connectivity index (χ3v) is 10.8. The van der Waals surface area contributed by atoms with Crippen LogP contribution in [0, 0.1) is 5.92 Å². The molecule has 3 atom stereocenters. The van der Waals surface area contributed by atoms with Crippen molar-refractivity contribution >= 4 is 74.6 Å². The summed E-state index contributed by atoms with van der Waals surface area (Å²) in [5.41, 5.74) is 1.73. The number of imide groups is 1. The lowest BCUT2D eigenvalue weighted by molar-refractivity contribution is -0.122. The number of thioether (sulfide) groups is 1. The first-order valence-electron chi connectivity index (χ1n) is 13.8. The van der Waals surface area contributed by atoms with Gasteiger partial charge in [0.15, 0.2) is 0 Å². The molecule has 0 aliphatic carbocycles. The van der Waals surface area contributed by atoms with Crippen LogP contribution in [0.3, 0.4) is 0 Å². The lowest BCUT2D eigenvalue weighted by atomic mass is 9.82. The second-order valence-corrected chi connectivity index (χ2v) is 13.1. The van der Waals surface area contributed by atoms with Crippen LogP contribution in [0.4, 0.5) is 11.4 Å². The van der Waals surface area contributed by atoms with E-state index in [1.807, 2.05) is 60.7 Å². The zero-order chi connectivity index (χ0) is 30.5. The molecule has 8 nitrogen and oxygen atoms in total. The van der Waals surface area contributed by atoms with E-state index in [0.717, 1.165) is 33.9 Å². The smallest absolute Gasteiger partial charge is 0.308 e. The van der Waals surface area contributed by atoms with Gasteiger partial charge in [-0.3, -0.25) is 23.7 Å². The van der Waals surface area contributed by atoms with Crippen molar-refractivity contribution in [1.82, 2.24) is 4.57 Å². The quantitative estimate of drug-likeness (QED) is 0.223. The van der Waals surface area contributed by atoms with Crippen LogP contribution in [-0.2, 0) is 20.9 Å². The number of thiazole rings is 1. The molecule has 1 saturated heterocycles. The van der Waals surface area contributed by atoms with Gasteiger partial charge in [0, 0.05) is 27.1 Å². The van der Waals surface area contributed by atoms with Gasteiger partial charge >= 0.3 is 4.87 Å². The molecule has 44 heavy (non-hydrogen) atoms. The number of amides is 3. The van der Waals surface area contributed by atoms with Gasteiger partial charge in [-0.05, 0) is 53.2 Å². The van der Waals surface area contributed by atoms with Crippen molar-refractivity contribution in [1.29, 1.82) is 0 Å². The van der Waals surface area contributed by atoms with E-state index in [9.17, 15) is 19.2 Å². The first-order chi connectivity index (χ1) is 21.3. The molecule has 1 N–H and O–H groups in total. The van der Waals surface area contributed by atoms with Crippen LogP contribution < -0.4 is 19.8 Å². The molecule has 7 rings (SSSR count). The van der Waals surface area contributed by atoms with Gasteiger partial charge in [-0.25, -0.2) is 4.90 Å². The van der Waals surface area contributed by atoms with Crippen molar-refractivity contribution in [2.24, 2.45) is 5.92 Å². The van der Waals surface area contributed by atoms with Gasteiger partial charge in [0.1, 0.15) is 17.5 Å². The van der Waals surface area contributed by atoms with Crippen molar-refractivity contribution in [3.63, 3.8) is 0 Å². The van der Waals surface area contributed by atoms with Crippen LogP contribution in [0.2, 0.25) is 5.02 Å². The van der Waals surface area contributed by atoms with Crippen LogP contribution >= 0.6 is 34.7 Å². The van der Waals surface area contributed by atoms with E-state index >= 15 is 0 Å². The Balaban J connectivity index is 1.28. The number of fused-ring (bicyclic) bond motifs is 3. The molecular formula is C33H24ClN3O5S2. The van der Waals surface area contributed by atoms with Crippen molar-refractivity contribution in [2.75, 3.05) is 17.3 Å². The maximum absolute atomic E-state index is 14.1.